The van der Waals surface area contributed by atoms with E-state index in [9.17, 15) is 10.1 Å². The molecule has 1 saturated carbocycles. The van der Waals surface area contributed by atoms with Crippen molar-refractivity contribution in [2.24, 2.45) is 0 Å². The Morgan fingerprint density at radius 3 is 2.68 bits per heavy atom. The van der Waals surface area contributed by atoms with Crippen LogP contribution < -0.4 is 4.90 Å². The summed E-state index contributed by atoms with van der Waals surface area (Å²) in [5, 5.41) is 19.8. The first-order valence-corrected chi connectivity index (χ1v) is 6.76. The van der Waals surface area contributed by atoms with Gasteiger partial charge < -0.3 is 10.0 Å². The van der Waals surface area contributed by atoms with E-state index in [4.69, 9.17) is 5.11 Å². The third-order valence-electron chi connectivity index (χ3n) is 3.78. The molecule has 0 unspecified atom stereocenters. The van der Waals surface area contributed by atoms with E-state index in [2.05, 4.69) is 4.90 Å². The summed E-state index contributed by atoms with van der Waals surface area (Å²) in [5.41, 5.74) is 1.89. The lowest BCUT2D eigenvalue weighted by molar-refractivity contribution is -0.385. The molecule has 5 heteroatoms. The van der Waals surface area contributed by atoms with Crippen LogP contribution in [0.4, 0.5) is 11.4 Å². The van der Waals surface area contributed by atoms with Crippen molar-refractivity contribution in [1.82, 2.24) is 0 Å². The summed E-state index contributed by atoms with van der Waals surface area (Å²) in [4.78, 5) is 12.8. The molecule has 0 spiro atoms. The van der Waals surface area contributed by atoms with Crippen molar-refractivity contribution < 1.29 is 10.0 Å². The number of nitro benzene ring substituents is 1. The summed E-state index contributed by atoms with van der Waals surface area (Å²) in [6.07, 6.45) is 4.31. The van der Waals surface area contributed by atoms with Crippen LogP contribution in [0.1, 0.15) is 31.2 Å². The number of rotatable bonds is 6. The predicted molar refractivity (Wildman–Crippen MR) is 74.5 cm³/mol. The SMILES string of the molecule is Cc1cc(N(CCCO)C2CCC2)ccc1[N+](=O)[O-]. The molecule has 0 heterocycles. The summed E-state index contributed by atoms with van der Waals surface area (Å²) in [6, 6.07) is 5.80. The second-order valence-corrected chi connectivity index (χ2v) is 5.08. The monoisotopic (exact) mass is 264 g/mol. The average Bonchev–Trinajstić information content (AvgIpc) is 2.31. The molecule has 1 aliphatic rings. The number of benzene rings is 1. The van der Waals surface area contributed by atoms with Gasteiger partial charge in [0.05, 0.1) is 4.92 Å². The highest BCUT2D eigenvalue weighted by Gasteiger charge is 2.25. The summed E-state index contributed by atoms with van der Waals surface area (Å²) >= 11 is 0. The molecule has 2 rings (SSSR count). The lowest BCUT2D eigenvalue weighted by Gasteiger charge is -2.39. The fourth-order valence-corrected chi connectivity index (χ4v) is 2.49. The third-order valence-corrected chi connectivity index (χ3v) is 3.78. The molecule has 0 saturated heterocycles. The van der Waals surface area contributed by atoms with Gasteiger partial charge in [0, 0.05) is 36.5 Å². The van der Waals surface area contributed by atoms with E-state index in [0.29, 0.717) is 11.6 Å². The Balaban J connectivity index is 2.20. The Morgan fingerprint density at radius 2 is 2.21 bits per heavy atom. The summed E-state index contributed by atoms with van der Waals surface area (Å²) < 4.78 is 0. The summed E-state index contributed by atoms with van der Waals surface area (Å²) in [6.45, 7) is 2.75. The van der Waals surface area contributed by atoms with Gasteiger partial charge in [-0.25, -0.2) is 0 Å². The largest absolute Gasteiger partial charge is 0.396 e. The smallest absolute Gasteiger partial charge is 0.272 e. The van der Waals surface area contributed by atoms with E-state index in [-0.39, 0.29) is 17.2 Å². The number of nitrogens with zero attached hydrogens (tertiary/aromatic N) is 2. The molecule has 0 radical (unpaired) electrons. The molecule has 0 atom stereocenters. The Bertz CT molecular complexity index is 458. The third kappa shape index (κ3) is 3.04. The van der Waals surface area contributed by atoms with Crippen LogP contribution in [0.3, 0.4) is 0 Å². The van der Waals surface area contributed by atoms with Gasteiger partial charge in [-0.3, -0.25) is 10.1 Å². The molecule has 1 aromatic carbocycles. The van der Waals surface area contributed by atoms with Gasteiger partial charge >= 0.3 is 0 Å². The van der Waals surface area contributed by atoms with Crippen molar-refractivity contribution in [3.63, 3.8) is 0 Å². The van der Waals surface area contributed by atoms with Crippen molar-refractivity contribution in [3.8, 4) is 0 Å². The Morgan fingerprint density at radius 1 is 1.47 bits per heavy atom. The zero-order valence-corrected chi connectivity index (χ0v) is 11.2. The molecule has 1 fully saturated rings. The van der Waals surface area contributed by atoms with E-state index < -0.39 is 0 Å². The molecule has 0 aromatic heterocycles. The van der Waals surface area contributed by atoms with Crippen LogP contribution >= 0.6 is 0 Å². The molecular formula is C14H20N2O3. The molecule has 1 aromatic rings. The van der Waals surface area contributed by atoms with Crippen LogP contribution in [0.2, 0.25) is 0 Å². The first-order chi connectivity index (χ1) is 9.13. The maximum absolute atomic E-state index is 10.8. The lowest BCUT2D eigenvalue weighted by Crippen LogP contribution is -2.41. The van der Waals surface area contributed by atoms with Crippen molar-refractivity contribution in [2.75, 3.05) is 18.1 Å². The van der Waals surface area contributed by atoms with Gasteiger partial charge in [-0.2, -0.15) is 0 Å². The Labute approximate surface area is 113 Å². The van der Waals surface area contributed by atoms with Gasteiger partial charge in [0.1, 0.15) is 0 Å². The number of aliphatic hydroxyl groups is 1. The first-order valence-electron chi connectivity index (χ1n) is 6.76. The average molecular weight is 264 g/mol. The lowest BCUT2D eigenvalue weighted by atomic mass is 9.90. The van der Waals surface area contributed by atoms with Crippen molar-refractivity contribution >= 4 is 11.4 Å². The molecule has 19 heavy (non-hydrogen) atoms. The van der Waals surface area contributed by atoms with Gasteiger partial charge in [-0.05, 0) is 44.7 Å². The number of aryl methyl sites for hydroxylation is 1. The number of nitro groups is 1. The van der Waals surface area contributed by atoms with Crippen molar-refractivity contribution in [2.45, 2.75) is 38.6 Å². The Kier molecular flexibility index (Phi) is 4.37. The summed E-state index contributed by atoms with van der Waals surface area (Å²) in [5.74, 6) is 0. The summed E-state index contributed by atoms with van der Waals surface area (Å²) in [7, 11) is 0. The van der Waals surface area contributed by atoms with Crippen LogP contribution in [0.15, 0.2) is 18.2 Å². The van der Waals surface area contributed by atoms with E-state index in [1.165, 1.54) is 19.3 Å². The van der Waals surface area contributed by atoms with E-state index in [1.54, 1.807) is 13.0 Å². The van der Waals surface area contributed by atoms with Gasteiger partial charge in [0.25, 0.3) is 5.69 Å². The fourth-order valence-electron chi connectivity index (χ4n) is 2.49. The minimum atomic E-state index is -0.347. The molecule has 1 aliphatic carbocycles. The van der Waals surface area contributed by atoms with E-state index in [0.717, 1.165) is 18.7 Å². The standard InChI is InChI=1S/C14H20N2O3/c1-11-10-13(6-7-14(11)16(18)19)15(8-3-9-17)12-4-2-5-12/h6-7,10,12,17H,2-5,8-9H2,1H3. The van der Waals surface area contributed by atoms with Crippen LogP contribution in [-0.4, -0.2) is 29.2 Å². The van der Waals surface area contributed by atoms with Gasteiger partial charge in [0.2, 0.25) is 0 Å². The zero-order valence-electron chi connectivity index (χ0n) is 11.2. The fraction of sp³-hybridized carbons (Fsp3) is 0.571. The number of aliphatic hydroxyl groups excluding tert-OH is 1. The van der Waals surface area contributed by atoms with Crippen molar-refractivity contribution in [1.29, 1.82) is 0 Å². The van der Waals surface area contributed by atoms with Crippen LogP contribution in [0.5, 0.6) is 0 Å². The number of hydrogen-bond acceptors (Lipinski definition) is 4. The van der Waals surface area contributed by atoms with Crippen LogP contribution in [-0.2, 0) is 0 Å². The van der Waals surface area contributed by atoms with Crippen molar-refractivity contribution in [3.05, 3.63) is 33.9 Å². The molecule has 0 amide bonds. The number of hydrogen-bond donors (Lipinski definition) is 1. The molecular weight excluding hydrogens is 244 g/mol. The highest BCUT2D eigenvalue weighted by atomic mass is 16.6. The normalized spacial score (nSPS) is 15.1. The van der Waals surface area contributed by atoms with Crippen LogP contribution in [0.25, 0.3) is 0 Å². The molecule has 0 aliphatic heterocycles. The van der Waals surface area contributed by atoms with Crippen LogP contribution in [0, 0.1) is 17.0 Å². The molecule has 1 N–H and O–H groups in total. The molecule has 5 nitrogen and oxygen atoms in total. The molecule has 0 bridgehead atoms. The quantitative estimate of drug-likeness (QED) is 0.633. The predicted octanol–water partition coefficient (Wildman–Crippen LogP) is 2.64. The second-order valence-electron chi connectivity index (χ2n) is 5.08. The zero-order chi connectivity index (χ0) is 13.8. The van der Waals surface area contributed by atoms with Gasteiger partial charge in [0.15, 0.2) is 0 Å². The Hall–Kier alpha value is -1.62. The maximum Gasteiger partial charge on any atom is 0.272 e. The minimum Gasteiger partial charge on any atom is -0.396 e. The van der Waals surface area contributed by atoms with E-state index >= 15 is 0 Å². The second kappa shape index (κ2) is 6.02. The van der Waals surface area contributed by atoms with Gasteiger partial charge in [-0.15, -0.1) is 0 Å². The van der Waals surface area contributed by atoms with Gasteiger partial charge in [-0.1, -0.05) is 0 Å². The maximum atomic E-state index is 10.8. The molecule has 104 valence electrons. The topological polar surface area (TPSA) is 66.6 Å². The highest BCUT2D eigenvalue weighted by molar-refractivity contribution is 5.56. The number of anilines is 1. The first kappa shape index (κ1) is 13.8. The minimum absolute atomic E-state index is 0.166. The van der Waals surface area contributed by atoms with E-state index in [1.807, 2.05) is 12.1 Å². The highest BCUT2D eigenvalue weighted by Crippen LogP contribution is 2.32.